The van der Waals surface area contributed by atoms with Gasteiger partial charge in [0.15, 0.2) is 15.8 Å². The van der Waals surface area contributed by atoms with E-state index in [0.29, 0.717) is 18.1 Å². The molecule has 0 unspecified atom stereocenters. The van der Waals surface area contributed by atoms with Gasteiger partial charge in [0.05, 0.1) is 29.3 Å². The number of hydrogen-bond acceptors (Lipinski definition) is 7. The number of para-hydroxylation sites is 1. The fourth-order valence-corrected chi connectivity index (χ4v) is 4.73. The monoisotopic (exact) mass is 463 g/mol. The summed E-state index contributed by atoms with van der Waals surface area (Å²) in [5.74, 6) is 1.29. The number of carbonyl (C=O) groups is 1. The minimum atomic E-state index is -0.195. The maximum atomic E-state index is 12.1. The Morgan fingerprint density at radius 1 is 1.09 bits per heavy atom. The standard InChI is InChI=1S/C24H21N3O3S2/c1-29-20-12-11-18(13-21(20)30-15-17-7-3-2-4-8-17)14-25-27-23(28)16-31-24-26-19-9-5-6-10-22(19)32-24/h2-14H,15-16H2,1H3,(H,27,28)/b25-14+. The lowest BCUT2D eigenvalue weighted by Gasteiger charge is -2.11. The van der Waals surface area contributed by atoms with Crippen molar-refractivity contribution in [3.63, 3.8) is 0 Å². The molecule has 0 aliphatic rings. The molecule has 1 N–H and O–H groups in total. The molecule has 4 aromatic rings. The second-order valence-electron chi connectivity index (χ2n) is 6.71. The van der Waals surface area contributed by atoms with Crippen LogP contribution >= 0.6 is 23.1 Å². The molecule has 0 fully saturated rings. The number of hydrogen-bond donors (Lipinski definition) is 1. The first-order chi connectivity index (χ1) is 15.7. The number of methoxy groups -OCH3 is 1. The van der Waals surface area contributed by atoms with Gasteiger partial charge in [0.25, 0.3) is 5.91 Å². The smallest absolute Gasteiger partial charge is 0.250 e. The van der Waals surface area contributed by atoms with Crippen LogP contribution in [0.4, 0.5) is 0 Å². The minimum absolute atomic E-state index is 0.195. The molecule has 4 rings (SSSR count). The number of thioether (sulfide) groups is 1. The number of nitrogens with one attached hydrogen (secondary N) is 1. The summed E-state index contributed by atoms with van der Waals surface area (Å²) in [5, 5.41) is 4.06. The van der Waals surface area contributed by atoms with Crippen LogP contribution in [0.15, 0.2) is 82.2 Å². The summed E-state index contributed by atoms with van der Waals surface area (Å²) in [7, 11) is 1.60. The van der Waals surface area contributed by atoms with E-state index in [-0.39, 0.29) is 11.7 Å². The van der Waals surface area contributed by atoms with Gasteiger partial charge in [-0.05, 0) is 41.5 Å². The first-order valence-electron chi connectivity index (χ1n) is 9.86. The lowest BCUT2D eigenvalue weighted by atomic mass is 10.2. The highest BCUT2D eigenvalue weighted by Gasteiger charge is 2.08. The van der Waals surface area contributed by atoms with Crippen LogP contribution in [-0.4, -0.2) is 30.0 Å². The molecular formula is C24H21N3O3S2. The molecule has 1 heterocycles. The molecule has 0 radical (unpaired) electrons. The van der Waals surface area contributed by atoms with Crippen molar-refractivity contribution < 1.29 is 14.3 Å². The van der Waals surface area contributed by atoms with Crippen molar-refractivity contribution in [3.05, 3.63) is 83.9 Å². The van der Waals surface area contributed by atoms with Crippen molar-refractivity contribution >= 4 is 45.4 Å². The number of ether oxygens (including phenoxy) is 2. The summed E-state index contributed by atoms with van der Waals surface area (Å²) in [4.78, 5) is 16.7. The van der Waals surface area contributed by atoms with Crippen LogP contribution in [0.5, 0.6) is 11.5 Å². The Kier molecular flexibility index (Phi) is 7.37. The number of nitrogens with zero attached hydrogens (tertiary/aromatic N) is 2. The molecule has 162 valence electrons. The molecule has 0 spiro atoms. The van der Waals surface area contributed by atoms with E-state index in [2.05, 4.69) is 15.5 Å². The number of rotatable bonds is 9. The average Bonchev–Trinajstić information content (AvgIpc) is 3.25. The first-order valence-corrected chi connectivity index (χ1v) is 11.7. The van der Waals surface area contributed by atoms with Gasteiger partial charge in [0.1, 0.15) is 6.61 Å². The van der Waals surface area contributed by atoms with Crippen LogP contribution in [-0.2, 0) is 11.4 Å². The Balaban J connectivity index is 1.31. The summed E-state index contributed by atoms with van der Waals surface area (Å²) in [6, 6.07) is 23.3. The highest BCUT2D eigenvalue weighted by atomic mass is 32.2. The summed E-state index contributed by atoms with van der Waals surface area (Å²) < 4.78 is 13.3. The highest BCUT2D eigenvalue weighted by molar-refractivity contribution is 8.01. The van der Waals surface area contributed by atoms with Crippen LogP contribution in [0, 0.1) is 0 Å². The van der Waals surface area contributed by atoms with Crippen LogP contribution in [0.1, 0.15) is 11.1 Å². The predicted molar refractivity (Wildman–Crippen MR) is 130 cm³/mol. The van der Waals surface area contributed by atoms with E-state index < -0.39 is 0 Å². The molecule has 0 saturated heterocycles. The Morgan fingerprint density at radius 2 is 1.91 bits per heavy atom. The summed E-state index contributed by atoms with van der Waals surface area (Å²) in [5.41, 5.74) is 5.35. The van der Waals surface area contributed by atoms with E-state index in [1.54, 1.807) is 24.7 Å². The zero-order valence-electron chi connectivity index (χ0n) is 17.4. The average molecular weight is 464 g/mol. The summed E-state index contributed by atoms with van der Waals surface area (Å²) in [6.07, 6.45) is 1.58. The normalized spacial score (nSPS) is 11.0. The van der Waals surface area contributed by atoms with Crippen LogP contribution in [0.25, 0.3) is 10.2 Å². The van der Waals surface area contributed by atoms with Gasteiger partial charge in [-0.1, -0.05) is 54.2 Å². The van der Waals surface area contributed by atoms with Gasteiger partial charge >= 0.3 is 0 Å². The van der Waals surface area contributed by atoms with E-state index in [0.717, 1.165) is 25.7 Å². The van der Waals surface area contributed by atoms with Gasteiger partial charge in [-0.25, -0.2) is 10.4 Å². The number of carbonyl (C=O) groups excluding carboxylic acids is 1. The number of fused-ring (bicyclic) bond motifs is 1. The molecule has 0 aliphatic heterocycles. The first kappa shape index (κ1) is 21.9. The molecule has 0 bridgehead atoms. The zero-order chi connectivity index (χ0) is 22.2. The minimum Gasteiger partial charge on any atom is -0.493 e. The maximum Gasteiger partial charge on any atom is 0.250 e. The molecule has 0 atom stereocenters. The molecule has 1 aromatic heterocycles. The number of benzene rings is 3. The lowest BCUT2D eigenvalue weighted by molar-refractivity contribution is -0.118. The third-order valence-corrected chi connectivity index (χ3v) is 6.61. The highest BCUT2D eigenvalue weighted by Crippen LogP contribution is 2.29. The lowest BCUT2D eigenvalue weighted by Crippen LogP contribution is -2.19. The summed E-state index contributed by atoms with van der Waals surface area (Å²) in [6.45, 7) is 0.428. The second kappa shape index (κ2) is 10.8. The molecule has 32 heavy (non-hydrogen) atoms. The zero-order valence-corrected chi connectivity index (χ0v) is 19.0. The molecule has 1 amide bonds. The Labute approximate surface area is 194 Å². The predicted octanol–water partition coefficient (Wildman–Crippen LogP) is 5.13. The van der Waals surface area contributed by atoms with Gasteiger partial charge in [0, 0.05) is 0 Å². The Hall–Kier alpha value is -3.36. The van der Waals surface area contributed by atoms with Crippen LogP contribution in [0.3, 0.4) is 0 Å². The van der Waals surface area contributed by atoms with Gasteiger partial charge in [-0.15, -0.1) is 11.3 Å². The molecule has 0 saturated carbocycles. The molecule has 0 aliphatic carbocycles. The van der Waals surface area contributed by atoms with Gasteiger partial charge < -0.3 is 9.47 Å². The molecular weight excluding hydrogens is 442 g/mol. The third kappa shape index (κ3) is 5.87. The summed E-state index contributed by atoms with van der Waals surface area (Å²) >= 11 is 2.97. The SMILES string of the molecule is COc1ccc(/C=N/NC(=O)CSc2nc3ccccc3s2)cc1OCc1ccccc1. The van der Waals surface area contributed by atoms with Gasteiger partial charge in [-0.3, -0.25) is 4.79 Å². The quantitative estimate of drug-likeness (QED) is 0.212. The van der Waals surface area contributed by atoms with Gasteiger partial charge in [0.2, 0.25) is 0 Å². The van der Waals surface area contributed by atoms with Crippen LogP contribution in [0.2, 0.25) is 0 Å². The molecule has 6 nitrogen and oxygen atoms in total. The Morgan fingerprint density at radius 3 is 2.72 bits per heavy atom. The van der Waals surface area contributed by atoms with Crippen molar-refractivity contribution in [1.82, 2.24) is 10.4 Å². The van der Waals surface area contributed by atoms with E-state index in [1.165, 1.54) is 11.8 Å². The van der Waals surface area contributed by atoms with Crippen molar-refractivity contribution in [2.75, 3.05) is 12.9 Å². The largest absolute Gasteiger partial charge is 0.493 e. The molecule has 8 heteroatoms. The number of hydrazone groups is 1. The fraction of sp³-hybridized carbons (Fsp3) is 0.125. The Bertz CT molecular complexity index is 1190. The van der Waals surface area contributed by atoms with Crippen molar-refractivity contribution in [3.8, 4) is 11.5 Å². The van der Waals surface area contributed by atoms with E-state index >= 15 is 0 Å². The second-order valence-corrected chi connectivity index (χ2v) is 8.97. The topological polar surface area (TPSA) is 72.8 Å². The van der Waals surface area contributed by atoms with E-state index in [1.807, 2.05) is 72.8 Å². The number of aromatic nitrogens is 1. The maximum absolute atomic E-state index is 12.1. The fourth-order valence-electron chi connectivity index (χ4n) is 2.87. The van der Waals surface area contributed by atoms with Crippen LogP contribution < -0.4 is 14.9 Å². The third-order valence-electron chi connectivity index (χ3n) is 4.43. The number of thiazole rings is 1. The van der Waals surface area contributed by atoms with Crippen molar-refractivity contribution in [1.29, 1.82) is 0 Å². The van der Waals surface area contributed by atoms with Crippen molar-refractivity contribution in [2.24, 2.45) is 5.10 Å². The number of amides is 1. The molecule has 3 aromatic carbocycles. The van der Waals surface area contributed by atoms with Gasteiger partial charge in [-0.2, -0.15) is 5.10 Å². The van der Waals surface area contributed by atoms with Crippen molar-refractivity contribution in [2.45, 2.75) is 10.9 Å². The van der Waals surface area contributed by atoms with E-state index in [9.17, 15) is 4.79 Å². The van der Waals surface area contributed by atoms with E-state index in [4.69, 9.17) is 9.47 Å².